The zero-order valence-electron chi connectivity index (χ0n) is 11.5. The smallest absolute Gasteiger partial charge is 0.409 e. The zero-order valence-corrected chi connectivity index (χ0v) is 12.3. The molecule has 1 aromatic heterocycles. The second kappa shape index (κ2) is 7.35. The largest absolute Gasteiger partial charge is 0.476 e. The van der Waals surface area contributed by atoms with Gasteiger partial charge in [-0.1, -0.05) is 0 Å². The van der Waals surface area contributed by atoms with Gasteiger partial charge >= 0.3 is 12.1 Å². The molecule has 1 saturated heterocycles. The Hall–Kier alpha value is -1.70. The van der Waals surface area contributed by atoms with Gasteiger partial charge in [0, 0.05) is 30.8 Å². The van der Waals surface area contributed by atoms with E-state index in [0.717, 1.165) is 17.8 Å². The van der Waals surface area contributed by atoms with Gasteiger partial charge in [0.2, 0.25) is 0 Å². The van der Waals surface area contributed by atoms with Crippen molar-refractivity contribution in [3.05, 3.63) is 16.1 Å². The number of carbonyl (C=O) groups is 2. The van der Waals surface area contributed by atoms with Gasteiger partial charge in [-0.3, -0.25) is 4.39 Å². The number of aromatic nitrogens is 1. The first-order chi connectivity index (χ1) is 10.1. The van der Waals surface area contributed by atoms with Crippen molar-refractivity contribution in [2.24, 2.45) is 0 Å². The summed E-state index contributed by atoms with van der Waals surface area (Å²) in [5.74, 6) is -0.843. The molecule has 1 N–H and O–H groups in total. The predicted octanol–water partition coefficient (Wildman–Crippen LogP) is 2.52. The van der Waals surface area contributed by atoms with Gasteiger partial charge in [0.1, 0.15) is 0 Å². The standard InChI is InChI=1S/C13H17FN2O4S/c14-4-1-7-20-13(19)16-5-2-9(3-6-16)11-15-10(8-21-11)12(17)18/h8-9H,1-7H2,(H,17,18). The van der Waals surface area contributed by atoms with E-state index in [1.165, 1.54) is 16.7 Å². The molecular formula is C13H17FN2O4S. The fourth-order valence-electron chi connectivity index (χ4n) is 2.19. The van der Waals surface area contributed by atoms with Gasteiger partial charge in [-0.2, -0.15) is 0 Å². The summed E-state index contributed by atoms with van der Waals surface area (Å²) in [6, 6.07) is 0. The number of piperidine rings is 1. The average molecular weight is 316 g/mol. The number of hydrogen-bond donors (Lipinski definition) is 1. The van der Waals surface area contributed by atoms with E-state index in [9.17, 15) is 14.0 Å². The molecule has 0 aliphatic carbocycles. The fourth-order valence-corrected chi connectivity index (χ4v) is 3.15. The van der Waals surface area contributed by atoms with Gasteiger partial charge in [-0.15, -0.1) is 11.3 Å². The summed E-state index contributed by atoms with van der Waals surface area (Å²) < 4.78 is 16.9. The van der Waals surface area contributed by atoms with Crippen molar-refractivity contribution < 1.29 is 23.8 Å². The second-order valence-electron chi connectivity index (χ2n) is 4.79. The summed E-state index contributed by atoms with van der Waals surface area (Å²) in [4.78, 5) is 28.2. The number of rotatable bonds is 5. The van der Waals surface area contributed by atoms with Crippen LogP contribution >= 0.6 is 11.3 Å². The SMILES string of the molecule is O=C(O)c1csc(C2CCN(C(=O)OCCCF)CC2)n1. The lowest BCUT2D eigenvalue weighted by molar-refractivity contribution is 0.0691. The number of halogens is 1. The van der Waals surface area contributed by atoms with E-state index in [1.54, 1.807) is 4.90 Å². The van der Waals surface area contributed by atoms with Gasteiger partial charge in [-0.05, 0) is 12.8 Å². The molecule has 0 unspecified atom stereocenters. The number of carboxylic acids is 1. The number of nitrogens with zero attached hydrogens (tertiary/aromatic N) is 2. The van der Waals surface area contributed by atoms with E-state index in [4.69, 9.17) is 9.84 Å². The second-order valence-corrected chi connectivity index (χ2v) is 5.68. The molecule has 21 heavy (non-hydrogen) atoms. The molecule has 1 fully saturated rings. The molecule has 0 saturated carbocycles. The third kappa shape index (κ3) is 4.13. The lowest BCUT2D eigenvalue weighted by Gasteiger charge is -2.30. The fraction of sp³-hybridized carbons (Fsp3) is 0.615. The molecule has 116 valence electrons. The molecule has 0 spiro atoms. The number of amides is 1. The molecule has 1 aliphatic heterocycles. The van der Waals surface area contributed by atoms with Crippen LogP contribution in [0.15, 0.2) is 5.38 Å². The van der Waals surface area contributed by atoms with E-state index in [-0.39, 0.29) is 24.6 Å². The minimum Gasteiger partial charge on any atom is -0.476 e. The minimum atomic E-state index is -1.02. The Labute approximate surface area is 125 Å². The molecule has 1 aromatic rings. The lowest BCUT2D eigenvalue weighted by Crippen LogP contribution is -2.38. The van der Waals surface area contributed by atoms with Crippen molar-refractivity contribution in [3.8, 4) is 0 Å². The minimum absolute atomic E-state index is 0.0723. The maximum Gasteiger partial charge on any atom is 0.409 e. The van der Waals surface area contributed by atoms with E-state index in [0.29, 0.717) is 13.1 Å². The van der Waals surface area contributed by atoms with Crippen molar-refractivity contribution in [2.75, 3.05) is 26.4 Å². The maximum absolute atomic E-state index is 11.9. The topological polar surface area (TPSA) is 79.7 Å². The number of thiazole rings is 1. The summed E-state index contributed by atoms with van der Waals surface area (Å²) in [7, 11) is 0. The van der Waals surface area contributed by atoms with Gasteiger partial charge in [0.15, 0.2) is 5.69 Å². The van der Waals surface area contributed by atoms with Gasteiger partial charge < -0.3 is 14.7 Å². The highest BCUT2D eigenvalue weighted by Crippen LogP contribution is 2.30. The summed E-state index contributed by atoms with van der Waals surface area (Å²) in [6.07, 6.45) is 1.27. The molecule has 0 bridgehead atoms. The zero-order chi connectivity index (χ0) is 15.2. The van der Waals surface area contributed by atoms with Crippen LogP contribution in [0.1, 0.15) is 40.7 Å². The molecule has 0 atom stereocenters. The first-order valence-electron chi connectivity index (χ1n) is 6.78. The van der Waals surface area contributed by atoms with Gasteiger partial charge in [0.25, 0.3) is 0 Å². The van der Waals surface area contributed by atoms with Crippen LogP contribution in [-0.4, -0.2) is 53.4 Å². The number of carboxylic acid groups (broad SMARTS) is 1. The van der Waals surface area contributed by atoms with E-state index in [1.807, 2.05) is 0 Å². The first kappa shape index (κ1) is 15.7. The van der Waals surface area contributed by atoms with Crippen molar-refractivity contribution in [1.29, 1.82) is 0 Å². The summed E-state index contributed by atoms with van der Waals surface area (Å²) in [5.41, 5.74) is 0.0723. The number of carbonyl (C=O) groups excluding carboxylic acids is 1. The van der Waals surface area contributed by atoms with Crippen LogP contribution in [0, 0.1) is 0 Å². The Morgan fingerprint density at radius 2 is 2.19 bits per heavy atom. The average Bonchev–Trinajstić information content (AvgIpc) is 2.97. The lowest BCUT2D eigenvalue weighted by atomic mass is 9.98. The monoisotopic (exact) mass is 316 g/mol. The van der Waals surface area contributed by atoms with Crippen LogP contribution in [0.3, 0.4) is 0 Å². The molecule has 0 radical (unpaired) electrons. The van der Waals surface area contributed by atoms with Crippen molar-refractivity contribution >= 4 is 23.4 Å². The molecular weight excluding hydrogens is 299 g/mol. The van der Waals surface area contributed by atoms with Crippen LogP contribution in [0.5, 0.6) is 0 Å². The highest BCUT2D eigenvalue weighted by Gasteiger charge is 2.26. The number of likely N-dealkylation sites (tertiary alicyclic amines) is 1. The third-order valence-electron chi connectivity index (χ3n) is 3.35. The molecule has 2 rings (SSSR count). The quantitative estimate of drug-likeness (QED) is 0.844. The Balaban J connectivity index is 1.82. The number of alkyl halides is 1. The molecule has 1 amide bonds. The van der Waals surface area contributed by atoms with E-state index < -0.39 is 18.7 Å². The molecule has 6 nitrogen and oxygen atoms in total. The Bertz CT molecular complexity index is 500. The number of hydrogen-bond acceptors (Lipinski definition) is 5. The van der Waals surface area contributed by atoms with Crippen LogP contribution in [0.25, 0.3) is 0 Å². The summed E-state index contributed by atoms with van der Waals surface area (Å²) >= 11 is 1.34. The predicted molar refractivity (Wildman–Crippen MR) is 74.6 cm³/mol. The number of ether oxygens (including phenoxy) is 1. The van der Waals surface area contributed by atoms with Gasteiger partial charge in [-0.25, -0.2) is 14.6 Å². The maximum atomic E-state index is 11.9. The number of aromatic carboxylic acids is 1. The van der Waals surface area contributed by atoms with E-state index in [2.05, 4.69) is 4.98 Å². The van der Waals surface area contributed by atoms with Crippen LogP contribution in [-0.2, 0) is 4.74 Å². The molecule has 8 heteroatoms. The van der Waals surface area contributed by atoms with Crippen LogP contribution in [0.2, 0.25) is 0 Å². The Kier molecular flexibility index (Phi) is 5.49. The highest BCUT2D eigenvalue weighted by atomic mass is 32.1. The van der Waals surface area contributed by atoms with Crippen LogP contribution < -0.4 is 0 Å². The first-order valence-corrected chi connectivity index (χ1v) is 7.66. The van der Waals surface area contributed by atoms with E-state index >= 15 is 0 Å². The summed E-state index contributed by atoms with van der Waals surface area (Å²) in [5, 5.41) is 11.2. The Morgan fingerprint density at radius 1 is 1.48 bits per heavy atom. The van der Waals surface area contributed by atoms with Gasteiger partial charge in [0.05, 0.1) is 18.3 Å². The normalized spacial score (nSPS) is 16.0. The van der Waals surface area contributed by atoms with Crippen molar-refractivity contribution in [3.63, 3.8) is 0 Å². The van der Waals surface area contributed by atoms with Crippen LogP contribution in [0.4, 0.5) is 9.18 Å². The highest BCUT2D eigenvalue weighted by molar-refractivity contribution is 7.09. The van der Waals surface area contributed by atoms with Crippen molar-refractivity contribution in [2.45, 2.75) is 25.2 Å². The molecule has 2 heterocycles. The Morgan fingerprint density at radius 3 is 2.76 bits per heavy atom. The van der Waals surface area contributed by atoms with Crippen molar-refractivity contribution in [1.82, 2.24) is 9.88 Å². The molecule has 0 aromatic carbocycles. The molecule has 1 aliphatic rings. The third-order valence-corrected chi connectivity index (χ3v) is 4.35. The summed E-state index contributed by atoms with van der Waals surface area (Å²) in [6.45, 7) is 0.692.